The van der Waals surface area contributed by atoms with E-state index in [9.17, 15) is 9.59 Å². The third kappa shape index (κ3) is 3.61. The summed E-state index contributed by atoms with van der Waals surface area (Å²) >= 11 is 1.49. The predicted molar refractivity (Wildman–Crippen MR) is 102 cm³/mol. The van der Waals surface area contributed by atoms with Gasteiger partial charge in [-0.15, -0.1) is 11.3 Å². The van der Waals surface area contributed by atoms with Gasteiger partial charge >= 0.3 is 0 Å². The van der Waals surface area contributed by atoms with Gasteiger partial charge in [0, 0.05) is 37.5 Å². The lowest BCUT2D eigenvalue weighted by Gasteiger charge is -2.32. The second-order valence-corrected chi connectivity index (χ2v) is 8.30. The number of thiophene rings is 1. The van der Waals surface area contributed by atoms with Gasteiger partial charge in [-0.2, -0.15) is 5.10 Å². The molecule has 1 amide bonds. The molecule has 1 N–H and O–H groups in total. The minimum atomic E-state index is -0.0514. The fourth-order valence-electron chi connectivity index (χ4n) is 4.18. The molecule has 1 aliphatic heterocycles. The molecule has 2 aromatic heterocycles. The number of hydrogen-bond donors (Lipinski definition) is 1. The summed E-state index contributed by atoms with van der Waals surface area (Å²) in [4.78, 5) is 28.0. The molecule has 0 bridgehead atoms. The zero-order valence-corrected chi connectivity index (χ0v) is 15.8. The largest absolute Gasteiger partial charge is 0.342 e. The molecule has 0 radical (unpaired) electrons. The average Bonchev–Trinajstić information content (AvgIpc) is 3.36. The van der Waals surface area contributed by atoms with Gasteiger partial charge in [-0.1, -0.05) is 6.07 Å². The topological polar surface area (TPSA) is 66.1 Å². The van der Waals surface area contributed by atoms with Crippen molar-refractivity contribution >= 4 is 23.0 Å². The number of nitrogens with zero attached hydrogens (tertiary/aromatic N) is 2. The maximum absolute atomic E-state index is 12.7. The van der Waals surface area contributed by atoms with Crippen LogP contribution in [0.3, 0.4) is 0 Å². The Morgan fingerprint density at radius 3 is 3.00 bits per heavy atom. The Morgan fingerprint density at radius 1 is 1.27 bits per heavy atom. The van der Waals surface area contributed by atoms with Crippen LogP contribution in [0.1, 0.15) is 58.7 Å². The highest BCUT2D eigenvalue weighted by Gasteiger charge is 2.29. The number of likely N-dealkylation sites (tertiary alicyclic amines) is 1. The van der Waals surface area contributed by atoms with Gasteiger partial charge in [0.05, 0.1) is 10.6 Å². The van der Waals surface area contributed by atoms with Crippen molar-refractivity contribution in [3.8, 4) is 0 Å². The fourth-order valence-corrected chi connectivity index (χ4v) is 4.92. The number of carbonyl (C=O) groups is 2. The van der Waals surface area contributed by atoms with Gasteiger partial charge in [-0.25, -0.2) is 0 Å². The molecule has 1 saturated heterocycles. The molecule has 6 heteroatoms. The monoisotopic (exact) mass is 371 g/mol. The number of aromatic amines is 1. The summed E-state index contributed by atoms with van der Waals surface area (Å²) in [7, 11) is 0. The number of aromatic nitrogens is 2. The highest BCUT2D eigenvalue weighted by molar-refractivity contribution is 7.12. The summed E-state index contributed by atoms with van der Waals surface area (Å²) in [5.41, 5.74) is 3.67. The number of fused-ring (bicyclic) bond motifs is 1. The first kappa shape index (κ1) is 17.5. The summed E-state index contributed by atoms with van der Waals surface area (Å²) in [5.74, 6) is 0.296. The van der Waals surface area contributed by atoms with Crippen LogP contribution >= 0.6 is 11.3 Å². The van der Waals surface area contributed by atoms with Crippen LogP contribution in [-0.4, -0.2) is 39.9 Å². The normalized spacial score (nSPS) is 20.0. The smallest absolute Gasteiger partial charge is 0.222 e. The summed E-state index contributed by atoms with van der Waals surface area (Å²) in [6.07, 6.45) is 7.57. The molecule has 26 heavy (non-hydrogen) atoms. The third-order valence-electron chi connectivity index (χ3n) is 5.63. The number of carbonyl (C=O) groups excluding carboxylic acids is 2. The Labute approximate surface area is 157 Å². The van der Waals surface area contributed by atoms with Crippen LogP contribution in [0.25, 0.3) is 0 Å². The van der Waals surface area contributed by atoms with Gasteiger partial charge in [-0.3, -0.25) is 14.7 Å². The summed E-state index contributed by atoms with van der Waals surface area (Å²) in [6, 6.07) is 3.79. The van der Waals surface area contributed by atoms with Crippen molar-refractivity contribution in [3.63, 3.8) is 0 Å². The van der Waals surface area contributed by atoms with Crippen molar-refractivity contribution in [2.75, 3.05) is 13.1 Å². The average molecular weight is 372 g/mol. The summed E-state index contributed by atoms with van der Waals surface area (Å²) < 4.78 is 0. The quantitative estimate of drug-likeness (QED) is 0.819. The minimum Gasteiger partial charge on any atom is -0.342 e. The van der Waals surface area contributed by atoms with Crippen molar-refractivity contribution in [1.82, 2.24) is 15.1 Å². The van der Waals surface area contributed by atoms with Crippen molar-refractivity contribution < 1.29 is 9.59 Å². The number of rotatable bonds is 5. The van der Waals surface area contributed by atoms with Crippen molar-refractivity contribution in [3.05, 3.63) is 39.3 Å². The maximum Gasteiger partial charge on any atom is 0.222 e. The molecule has 2 aromatic rings. The van der Waals surface area contributed by atoms with E-state index in [0.29, 0.717) is 19.4 Å². The third-order valence-corrected chi connectivity index (χ3v) is 6.51. The number of hydrogen-bond acceptors (Lipinski definition) is 4. The molecule has 4 rings (SSSR count). The van der Waals surface area contributed by atoms with Gasteiger partial charge in [0.1, 0.15) is 0 Å². The van der Waals surface area contributed by atoms with Gasteiger partial charge in [-0.05, 0) is 55.5 Å². The van der Waals surface area contributed by atoms with Gasteiger partial charge in [0.2, 0.25) is 5.91 Å². The summed E-state index contributed by atoms with van der Waals surface area (Å²) in [6.45, 7) is 1.33. The first-order valence-corrected chi connectivity index (χ1v) is 10.5. The number of amides is 1. The number of Topliss-reactive ketones (excluding diaryl/α,β-unsaturated/α-hetero) is 1. The maximum atomic E-state index is 12.7. The van der Waals surface area contributed by atoms with Crippen LogP contribution in [0.4, 0.5) is 0 Å². The van der Waals surface area contributed by atoms with Gasteiger partial charge in [0.15, 0.2) is 5.78 Å². The van der Waals surface area contributed by atoms with E-state index in [1.807, 2.05) is 22.4 Å². The van der Waals surface area contributed by atoms with Crippen molar-refractivity contribution in [2.45, 2.75) is 51.4 Å². The number of aryl methyl sites for hydroxylation is 2. The Hall–Kier alpha value is -1.95. The molecular weight excluding hydrogens is 346 g/mol. The number of piperidine rings is 1. The predicted octanol–water partition coefficient (Wildman–Crippen LogP) is 3.40. The standard InChI is InChI=1S/C20H25N3O2S/c24-19(10-9-17-15-6-1-2-7-16(15)21-22-17)23-11-3-5-14(13-23)20(25)18-8-4-12-26-18/h4,8,12,14H,1-3,5-7,9-11,13H2,(H,21,22). The summed E-state index contributed by atoms with van der Waals surface area (Å²) in [5, 5.41) is 9.53. The Morgan fingerprint density at radius 2 is 2.15 bits per heavy atom. The molecule has 0 spiro atoms. The molecule has 1 unspecified atom stereocenters. The molecule has 3 heterocycles. The molecule has 1 atom stereocenters. The second kappa shape index (κ2) is 7.74. The van der Waals surface area contributed by atoms with E-state index in [0.717, 1.165) is 42.8 Å². The highest BCUT2D eigenvalue weighted by Crippen LogP contribution is 2.25. The highest BCUT2D eigenvalue weighted by atomic mass is 32.1. The van der Waals surface area contributed by atoms with E-state index in [4.69, 9.17) is 0 Å². The molecule has 138 valence electrons. The Bertz CT molecular complexity index is 781. The van der Waals surface area contributed by atoms with Crippen LogP contribution in [0.2, 0.25) is 0 Å². The first-order valence-electron chi connectivity index (χ1n) is 9.63. The fraction of sp³-hybridized carbons (Fsp3) is 0.550. The van der Waals surface area contributed by atoms with E-state index in [2.05, 4.69) is 10.2 Å². The Kier molecular flexibility index (Phi) is 5.20. The van der Waals surface area contributed by atoms with E-state index in [1.54, 1.807) is 0 Å². The molecule has 0 saturated carbocycles. The lowest BCUT2D eigenvalue weighted by Crippen LogP contribution is -2.42. The number of ketones is 1. The van der Waals surface area contributed by atoms with Gasteiger partial charge in [0.25, 0.3) is 0 Å². The van der Waals surface area contributed by atoms with Gasteiger partial charge < -0.3 is 4.90 Å². The van der Waals surface area contributed by atoms with Crippen LogP contribution in [-0.2, 0) is 24.1 Å². The molecular formula is C20H25N3O2S. The van der Waals surface area contributed by atoms with E-state index < -0.39 is 0 Å². The van der Waals surface area contributed by atoms with Crippen LogP contribution < -0.4 is 0 Å². The molecule has 5 nitrogen and oxygen atoms in total. The van der Waals surface area contributed by atoms with E-state index >= 15 is 0 Å². The minimum absolute atomic E-state index is 0.0514. The molecule has 1 fully saturated rings. The van der Waals surface area contributed by atoms with Crippen LogP contribution in [0, 0.1) is 5.92 Å². The molecule has 1 aliphatic carbocycles. The zero-order valence-electron chi connectivity index (χ0n) is 15.0. The number of H-pyrrole nitrogens is 1. The van der Waals surface area contributed by atoms with Crippen LogP contribution in [0.5, 0.6) is 0 Å². The van der Waals surface area contributed by atoms with Crippen molar-refractivity contribution in [2.24, 2.45) is 5.92 Å². The lowest BCUT2D eigenvalue weighted by molar-refractivity contribution is -0.132. The van der Waals surface area contributed by atoms with E-state index in [-0.39, 0.29) is 17.6 Å². The zero-order chi connectivity index (χ0) is 17.9. The molecule has 0 aromatic carbocycles. The van der Waals surface area contributed by atoms with E-state index in [1.165, 1.54) is 35.4 Å². The SMILES string of the molecule is O=C(c1cccs1)C1CCCN(C(=O)CCc2n[nH]c3c2CCCC3)C1. The number of nitrogens with one attached hydrogen (secondary N) is 1. The Balaban J connectivity index is 1.34. The molecule has 2 aliphatic rings. The first-order chi connectivity index (χ1) is 12.7. The second-order valence-electron chi connectivity index (χ2n) is 7.35. The lowest BCUT2D eigenvalue weighted by atomic mass is 9.92. The van der Waals surface area contributed by atoms with Crippen molar-refractivity contribution in [1.29, 1.82) is 0 Å². The van der Waals surface area contributed by atoms with Crippen LogP contribution in [0.15, 0.2) is 17.5 Å².